The molecule has 0 radical (unpaired) electrons. The van der Waals surface area contributed by atoms with Gasteiger partial charge < -0.3 is 14.4 Å². The summed E-state index contributed by atoms with van der Waals surface area (Å²) in [4.78, 5) is 45.7. The van der Waals surface area contributed by atoms with Crippen LogP contribution in [0.2, 0.25) is 0 Å². The molecule has 10 nitrogen and oxygen atoms in total. The molecule has 1 aromatic heterocycles. The zero-order valence-corrected chi connectivity index (χ0v) is 23.6. The van der Waals surface area contributed by atoms with Crippen molar-refractivity contribution in [3.05, 3.63) is 94.7 Å². The summed E-state index contributed by atoms with van der Waals surface area (Å²) < 4.78 is 12.7. The normalized spacial score (nSPS) is 17.2. The van der Waals surface area contributed by atoms with Gasteiger partial charge in [-0.1, -0.05) is 23.5 Å². The van der Waals surface area contributed by atoms with Gasteiger partial charge in [0.1, 0.15) is 5.75 Å². The Morgan fingerprint density at radius 1 is 1.18 bits per heavy atom. The third kappa shape index (κ3) is 5.16. The van der Waals surface area contributed by atoms with Crippen molar-refractivity contribution in [1.82, 2.24) is 4.57 Å². The highest BCUT2D eigenvalue weighted by molar-refractivity contribution is 7.07. The van der Waals surface area contributed by atoms with Crippen molar-refractivity contribution in [2.75, 3.05) is 25.1 Å². The number of carbonyl (C=O) groups excluding carboxylic acids is 1. The van der Waals surface area contributed by atoms with Crippen LogP contribution < -0.4 is 24.5 Å². The molecule has 0 unspecified atom stereocenters. The average Bonchev–Trinajstić information content (AvgIpc) is 3.56. The first kappa shape index (κ1) is 27.3. The third-order valence-electron chi connectivity index (χ3n) is 6.97. The van der Waals surface area contributed by atoms with Crippen molar-refractivity contribution in [2.24, 2.45) is 4.99 Å². The van der Waals surface area contributed by atoms with Crippen molar-refractivity contribution in [1.29, 1.82) is 0 Å². The largest absolute Gasteiger partial charge is 0.497 e. The molecule has 0 saturated carbocycles. The summed E-state index contributed by atoms with van der Waals surface area (Å²) in [5.41, 5.74) is 2.50. The number of rotatable bonds is 7. The van der Waals surface area contributed by atoms with Gasteiger partial charge in [0.15, 0.2) is 4.80 Å². The lowest BCUT2D eigenvalue weighted by Crippen LogP contribution is -2.40. The minimum atomic E-state index is -0.765. The van der Waals surface area contributed by atoms with E-state index < -0.39 is 16.9 Å². The van der Waals surface area contributed by atoms with Gasteiger partial charge in [-0.05, 0) is 63.5 Å². The van der Waals surface area contributed by atoms with Gasteiger partial charge in [0.25, 0.3) is 11.2 Å². The smallest absolute Gasteiger partial charge is 0.338 e. The molecule has 2 aliphatic rings. The van der Waals surface area contributed by atoms with Crippen LogP contribution in [0, 0.1) is 10.1 Å². The Bertz CT molecular complexity index is 1680. The van der Waals surface area contributed by atoms with Crippen LogP contribution in [0.25, 0.3) is 6.08 Å². The molecule has 0 spiro atoms. The molecule has 0 aliphatic carbocycles. The number of fused-ring (bicyclic) bond motifs is 1. The maximum atomic E-state index is 14.0. The number of hydrogen-bond donors (Lipinski definition) is 0. The first-order valence-electron chi connectivity index (χ1n) is 13.1. The number of benzene rings is 2. The SMILES string of the molecule is COc1ccc([C@@H]2C(C(=O)OC(C)C)=C(C)N=c3sc(=Cc4cc([N+](=O)[O-])ccc4N4CCCC4)c(=O)n32)cc1. The zero-order valence-electron chi connectivity index (χ0n) is 22.7. The van der Waals surface area contributed by atoms with E-state index in [0.717, 1.165) is 31.6 Å². The Labute approximate surface area is 234 Å². The number of methoxy groups -OCH3 is 1. The summed E-state index contributed by atoms with van der Waals surface area (Å²) in [7, 11) is 1.57. The van der Waals surface area contributed by atoms with Crippen LogP contribution in [0.4, 0.5) is 11.4 Å². The molecular weight excluding hydrogens is 532 g/mol. The van der Waals surface area contributed by atoms with Gasteiger partial charge in [-0.2, -0.15) is 0 Å². The fourth-order valence-electron chi connectivity index (χ4n) is 5.12. The number of hydrogen-bond acceptors (Lipinski definition) is 9. The van der Waals surface area contributed by atoms with E-state index in [1.165, 1.54) is 28.0 Å². The Balaban J connectivity index is 1.71. The number of carbonyl (C=O) groups is 1. The van der Waals surface area contributed by atoms with Gasteiger partial charge in [-0.3, -0.25) is 19.5 Å². The summed E-state index contributed by atoms with van der Waals surface area (Å²) in [6, 6.07) is 11.2. The Kier molecular flexibility index (Phi) is 7.57. The van der Waals surface area contributed by atoms with Crippen LogP contribution >= 0.6 is 11.3 Å². The maximum absolute atomic E-state index is 14.0. The van der Waals surface area contributed by atoms with E-state index in [0.29, 0.717) is 31.9 Å². The molecule has 40 heavy (non-hydrogen) atoms. The zero-order chi connectivity index (χ0) is 28.6. The maximum Gasteiger partial charge on any atom is 0.338 e. The van der Waals surface area contributed by atoms with Gasteiger partial charge in [0.2, 0.25) is 0 Å². The molecule has 5 rings (SSSR count). The van der Waals surface area contributed by atoms with Crippen LogP contribution in [-0.2, 0) is 9.53 Å². The molecule has 208 valence electrons. The van der Waals surface area contributed by atoms with Crippen molar-refractivity contribution in [3.8, 4) is 5.75 Å². The lowest BCUT2D eigenvalue weighted by Gasteiger charge is -2.25. The van der Waals surface area contributed by atoms with E-state index in [-0.39, 0.29) is 22.9 Å². The molecule has 0 bridgehead atoms. The first-order valence-corrected chi connectivity index (χ1v) is 13.9. The second kappa shape index (κ2) is 11.1. The van der Waals surface area contributed by atoms with Crippen molar-refractivity contribution >= 4 is 34.8 Å². The third-order valence-corrected chi connectivity index (χ3v) is 7.95. The predicted octanol–water partition coefficient (Wildman–Crippen LogP) is 3.70. The van der Waals surface area contributed by atoms with Gasteiger partial charge in [-0.15, -0.1) is 0 Å². The summed E-state index contributed by atoms with van der Waals surface area (Å²) in [6.45, 7) is 6.96. The highest BCUT2D eigenvalue weighted by atomic mass is 32.1. The number of esters is 1. The van der Waals surface area contributed by atoms with Gasteiger partial charge >= 0.3 is 5.97 Å². The summed E-state index contributed by atoms with van der Waals surface area (Å²) in [5.74, 6) is 0.102. The number of nitrogens with zero attached hydrogens (tertiary/aromatic N) is 4. The number of aromatic nitrogens is 1. The minimum Gasteiger partial charge on any atom is -0.497 e. The average molecular weight is 563 g/mol. The molecule has 1 atom stereocenters. The van der Waals surface area contributed by atoms with E-state index in [1.807, 2.05) is 12.1 Å². The molecule has 11 heteroatoms. The topological polar surface area (TPSA) is 116 Å². The number of nitro benzene ring substituents is 1. The molecular formula is C29H30N4O6S. The second-order valence-corrected chi connectivity index (χ2v) is 11.0. The van der Waals surface area contributed by atoms with E-state index >= 15 is 0 Å². The van der Waals surface area contributed by atoms with Gasteiger partial charge in [0, 0.05) is 36.5 Å². The quantitative estimate of drug-likeness (QED) is 0.245. The fraction of sp³-hybridized carbons (Fsp3) is 0.345. The Hall–Kier alpha value is -4.25. The first-order chi connectivity index (χ1) is 19.2. The Morgan fingerprint density at radius 2 is 1.88 bits per heavy atom. The van der Waals surface area contributed by atoms with Gasteiger partial charge in [-0.25, -0.2) is 9.79 Å². The standard InChI is InChI=1S/C29H30N4O6S/c1-17(2)39-28(35)25-18(3)30-29-32(26(25)19-7-10-22(38-4)11-8-19)27(34)24(40-29)16-20-15-21(33(36)37)9-12-23(20)31-13-5-6-14-31/h7-12,15-17,26H,5-6,13-14H2,1-4H3/t26-/m1/s1. The molecule has 1 fully saturated rings. The highest BCUT2D eigenvalue weighted by Gasteiger charge is 2.34. The minimum absolute atomic E-state index is 0.0485. The number of anilines is 1. The van der Waals surface area contributed by atoms with Crippen LogP contribution in [0.5, 0.6) is 5.75 Å². The Morgan fingerprint density at radius 3 is 2.50 bits per heavy atom. The molecule has 2 aromatic carbocycles. The van der Waals surface area contributed by atoms with E-state index in [9.17, 15) is 19.7 Å². The fourth-order valence-corrected chi connectivity index (χ4v) is 6.16. The highest BCUT2D eigenvalue weighted by Crippen LogP contribution is 2.32. The van der Waals surface area contributed by atoms with Crippen LogP contribution in [0.3, 0.4) is 0 Å². The van der Waals surface area contributed by atoms with Crippen LogP contribution in [0.1, 0.15) is 50.8 Å². The molecule has 3 aromatic rings. The molecule has 1 saturated heterocycles. The molecule has 2 aliphatic heterocycles. The number of non-ortho nitro benzene ring substituents is 1. The second-order valence-electron chi connectivity index (χ2n) is 10.0. The van der Waals surface area contributed by atoms with Crippen molar-refractivity contribution in [3.63, 3.8) is 0 Å². The monoisotopic (exact) mass is 562 g/mol. The van der Waals surface area contributed by atoms with Gasteiger partial charge in [0.05, 0.1) is 40.0 Å². The number of nitro groups is 1. The molecule has 0 N–H and O–H groups in total. The van der Waals surface area contributed by atoms with E-state index in [1.54, 1.807) is 52.2 Å². The van der Waals surface area contributed by atoms with E-state index in [2.05, 4.69) is 9.89 Å². The predicted molar refractivity (Wildman–Crippen MR) is 153 cm³/mol. The molecule has 3 heterocycles. The van der Waals surface area contributed by atoms with Crippen molar-refractivity contribution < 1.29 is 19.2 Å². The number of ether oxygens (including phenoxy) is 2. The summed E-state index contributed by atoms with van der Waals surface area (Å²) in [5, 5.41) is 11.6. The van der Waals surface area contributed by atoms with Crippen molar-refractivity contribution in [2.45, 2.75) is 45.8 Å². The number of thiazole rings is 1. The lowest BCUT2D eigenvalue weighted by molar-refractivity contribution is -0.384. The summed E-state index contributed by atoms with van der Waals surface area (Å²) >= 11 is 1.19. The summed E-state index contributed by atoms with van der Waals surface area (Å²) in [6.07, 6.45) is 3.41. The van der Waals surface area contributed by atoms with Crippen LogP contribution in [-0.4, -0.2) is 41.8 Å². The van der Waals surface area contributed by atoms with Crippen LogP contribution in [0.15, 0.2) is 63.5 Å². The van der Waals surface area contributed by atoms with E-state index in [4.69, 9.17) is 9.47 Å². The molecule has 0 amide bonds. The number of allylic oxidation sites excluding steroid dienone is 1. The lowest BCUT2D eigenvalue weighted by atomic mass is 9.96.